The highest BCUT2D eigenvalue weighted by Gasteiger charge is 2.04. The summed E-state index contributed by atoms with van der Waals surface area (Å²) in [5.74, 6) is 0.704. The van der Waals surface area contributed by atoms with Gasteiger partial charge in [0, 0.05) is 6.20 Å². The van der Waals surface area contributed by atoms with E-state index in [0.717, 1.165) is 9.48 Å². The van der Waals surface area contributed by atoms with Gasteiger partial charge in [-0.05, 0) is 27.5 Å². The van der Waals surface area contributed by atoms with Crippen molar-refractivity contribution in [2.24, 2.45) is 0 Å². The van der Waals surface area contributed by atoms with Gasteiger partial charge < -0.3 is 0 Å². The predicted molar refractivity (Wildman–Crippen MR) is 45.2 cm³/mol. The third-order valence-electron chi connectivity index (χ3n) is 1.16. The lowest BCUT2D eigenvalue weighted by atomic mass is 10.3. The molecule has 0 atom stereocenters. The smallest absolute Gasteiger partial charge is 0.179 e. The molecule has 56 valence electrons. The number of aromatic amines is 1. The first kappa shape index (κ1) is 6.93. The Kier molecular flexibility index (Phi) is 1.71. The molecule has 2 heterocycles. The molecule has 0 saturated carbocycles. The van der Waals surface area contributed by atoms with E-state index in [2.05, 4.69) is 35.5 Å². The van der Waals surface area contributed by atoms with Crippen molar-refractivity contribution in [3.8, 4) is 11.4 Å². The zero-order chi connectivity index (χ0) is 7.68. The number of aromatic nitrogens is 4. The molecule has 11 heavy (non-hydrogen) atoms. The molecule has 1 N–H and O–H groups in total. The molecule has 0 aromatic carbocycles. The monoisotopic (exact) mass is 230 g/mol. The largest absolute Gasteiger partial charge is 0.285 e. The topological polar surface area (TPSA) is 54.5 Å². The molecule has 0 saturated heterocycles. The fourth-order valence-electron chi connectivity index (χ4n) is 0.695. The van der Waals surface area contributed by atoms with Crippen molar-refractivity contribution >= 4 is 27.5 Å². The van der Waals surface area contributed by atoms with Crippen molar-refractivity contribution in [3.05, 3.63) is 16.3 Å². The summed E-state index contributed by atoms with van der Waals surface area (Å²) >= 11 is 4.55. The minimum Gasteiger partial charge on any atom is -0.285 e. The molecule has 0 aliphatic carbocycles. The maximum atomic E-state index is 4.12. The van der Waals surface area contributed by atoms with Crippen LogP contribution in [-0.4, -0.2) is 19.6 Å². The van der Waals surface area contributed by atoms with E-state index in [-0.39, 0.29) is 0 Å². The van der Waals surface area contributed by atoms with E-state index in [0.29, 0.717) is 5.82 Å². The van der Waals surface area contributed by atoms with Crippen LogP contribution in [-0.2, 0) is 0 Å². The Hall–Kier alpha value is -0.750. The molecule has 0 bridgehead atoms. The predicted octanol–water partition coefficient (Wildman–Crippen LogP) is 1.69. The maximum Gasteiger partial charge on any atom is 0.179 e. The molecule has 0 unspecified atom stereocenters. The minimum atomic E-state index is 0.704. The molecule has 4 nitrogen and oxygen atoms in total. The standard InChI is InChI=1S/C5H3BrN4S/c6-5-9-4(10-11-5)3-1-7-8-2-3/h1-2H,(H,7,8). The highest BCUT2D eigenvalue weighted by Crippen LogP contribution is 2.19. The molecule has 2 rings (SSSR count). The molecule has 0 fully saturated rings. The molecule has 0 amide bonds. The maximum absolute atomic E-state index is 4.12. The van der Waals surface area contributed by atoms with Crippen LogP contribution in [0.5, 0.6) is 0 Å². The lowest BCUT2D eigenvalue weighted by molar-refractivity contribution is 1.09. The van der Waals surface area contributed by atoms with Crippen LogP contribution in [0.4, 0.5) is 0 Å². The molecule has 6 heteroatoms. The SMILES string of the molecule is Brc1nc(-c2cn[nH]c2)ns1. The van der Waals surface area contributed by atoms with E-state index in [1.165, 1.54) is 11.5 Å². The second-order valence-electron chi connectivity index (χ2n) is 1.86. The van der Waals surface area contributed by atoms with Crippen LogP contribution in [0.25, 0.3) is 11.4 Å². The number of halogens is 1. The molecular formula is C5H3BrN4S. The van der Waals surface area contributed by atoms with E-state index < -0.39 is 0 Å². The average molecular weight is 231 g/mol. The van der Waals surface area contributed by atoms with Gasteiger partial charge in [-0.3, -0.25) is 5.10 Å². The summed E-state index contributed by atoms with van der Waals surface area (Å²) in [5, 5.41) is 6.49. The Balaban J connectivity index is 2.45. The fourth-order valence-corrected chi connectivity index (χ4v) is 1.52. The Labute approximate surface area is 75.0 Å². The number of nitrogens with one attached hydrogen (secondary N) is 1. The third kappa shape index (κ3) is 1.31. The van der Waals surface area contributed by atoms with Gasteiger partial charge >= 0.3 is 0 Å². The van der Waals surface area contributed by atoms with Crippen molar-refractivity contribution in [3.63, 3.8) is 0 Å². The van der Waals surface area contributed by atoms with Crippen LogP contribution in [0, 0.1) is 0 Å². The van der Waals surface area contributed by atoms with Gasteiger partial charge in [-0.15, -0.1) is 0 Å². The lowest BCUT2D eigenvalue weighted by Gasteiger charge is -1.81. The second kappa shape index (κ2) is 2.71. The van der Waals surface area contributed by atoms with Gasteiger partial charge in [0.05, 0.1) is 11.8 Å². The van der Waals surface area contributed by atoms with Gasteiger partial charge in [0.15, 0.2) is 9.74 Å². The van der Waals surface area contributed by atoms with Crippen molar-refractivity contribution in [2.45, 2.75) is 0 Å². The Morgan fingerprint density at radius 2 is 2.45 bits per heavy atom. The van der Waals surface area contributed by atoms with E-state index in [9.17, 15) is 0 Å². The Morgan fingerprint density at radius 1 is 1.55 bits per heavy atom. The molecule has 0 aliphatic rings. The van der Waals surface area contributed by atoms with Crippen molar-refractivity contribution in [2.75, 3.05) is 0 Å². The van der Waals surface area contributed by atoms with Crippen LogP contribution in [0.3, 0.4) is 0 Å². The Morgan fingerprint density at radius 3 is 3.00 bits per heavy atom. The molecule has 2 aromatic rings. The fraction of sp³-hybridized carbons (Fsp3) is 0. The second-order valence-corrected chi connectivity index (χ2v) is 3.89. The first-order chi connectivity index (χ1) is 5.36. The van der Waals surface area contributed by atoms with E-state index in [1.54, 1.807) is 12.4 Å². The summed E-state index contributed by atoms with van der Waals surface area (Å²) in [5.41, 5.74) is 0.909. The lowest BCUT2D eigenvalue weighted by Crippen LogP contribution is -1.74. The van der Waals surface area contributed by atoms with Crippen LogP contribution in [0.15, 0.2) is 16.3 Å². The quantitative estimate of drug-likeness (QED) is 0.812. The van der Waals surface area contributed by atoms with Gasteiger partial charge in [-0.2, -0.15) is 9.47 Å². The van der Waals surface area contributed by atoms with Crippen LogP contribution in [0.2, 0.25) is 0 Å². The van der Waals surface area contributed by atoms with Crippen LogP contribution in [0.1, 0.15) is 0 Å². The van der Waals surface area contributed by atoms with Gasteiger partial charge in [0.1, 0.15) is 0 Å². The zero-order valence-electron chi connectivity index (χ0n) is 5.28. The van der Waals surface area contributed by atoms with Gasteiger partial charge in [0.2, 0.25) is 0 Å². The summed E-state index contributed by atoms with van der Waals surface area (Å²) in [4.78, 5) is 4.12. The molecular weight excluding hydrogens is 228 g/mol. The Bertz CT molecular complexity index is 341. The van der Waals surface area contributed by atoms with Gasteiger partial charge in [-0.1, -0.05) is 0 Å². The van der Waals surface area contributed by atoms with E-state index in [4.69, 9.17) is 0 Å². The number of nitrogens with zero attached hydrogens (tertiary/aromatic N) is 3. The van der Waals surface area contributed by atoms with Crippen molar-refractivity contribution in [1.82, 2.24) is 19.6 Å². The molecule has 0 spiro atoms. The van der Waals surface area contributed by atoms with E-state index in [1.807, 2.05) is 0 Å². The summed E-state index contributed by atoms with van der Waals surface area (Å²) in [6, 6.07) is 0. The highest BCUT2D eigenvalue weighted by molar-refractivity contribution is 9.11. The van der Waals surface area contributed by atoms with Crippen molar-refractivity contribution < 1.29 is 0 Å². The first-order valence-electron chi connectivity index (χ1n) is 2.84. The van der Waals surface area contributed by atoms with Gasteiger partial charge in [-0.25, -0.2) is 4.98 Å². The summed E-state index contributed by atoms with van der Waals surface area (Å²) in [7, 11) is 0. The number of hydrogen-bond donors (Lipinski definition) is 1. The van der Waals surface area contributed by atoms with Gasteiger partial charge in [0.25, 0.3) is 0 Å². The average Bonchev–Trinajstić information content (AvgIpc) is 2.55. The molecule has 0 aliphatic heterocycles. The summed E-state index contributed by atoms with van der Waals surface area (Å²) < 4.78 is 4.87. The van der Waals surface area contributed by atoms with Crippen LogP contribution >= 0.6 is 27.5 Å². The number of rotatable bonds is 1. The highest BCUT2D eigenvalue weighted by atomic mass is 79.9. The third-order valence-corrected chi connectivity index (χ3v) is 2.28. The summed E-state index contributed by atoms with van der Waals surface area (Å²) in [6.07, 6.45) is 3.45. The summed E-state index contributed by atoms with van der Waals surface area (Å²) in [6.45, 7) is 0. The zero-order valence-corrected chi connectivity index (χ0v) is 7.69. The van der Waals surface area contributed by atoms with Crippen molar-refractivity contribution in [1.29, 1.82) is 0 Å². The number of hydrogen-bond acceptors (Lipinski definition) is 4. The first-order valence-corrected chi connectivity index (χ1v) is 4.41. The van der Waals surface area contributed by atoms with E-state index >= 15 is 0 Å². The minimum absolute atomic E-state index is 0.704. The normalized spacial score (nSPS) is 10.3. The molecule has 0 radical (unpaired) electrons. The van der Waals surface area contributed by atoms with Crippen LogP contribution < -0.4 is 0 Å². The molecule has 2 aromatic heterocycles. The number of H-pyrrole nitrogens is 1.